The molecular formula is C17H21N3O4S2. The van der Waals surface area contributed by atoms with Crippen LogP contribution in [0.1, 0.15) is 19.8 Å². The number of hydrogen-bond donors (Lipinski definition) is 2. The highest BCUT2D eigenvalue weighted by molar-refractivity contribution is 7.91. The number of thiophene rings is 1. The maximum absolute atomic E-state index is 12.3. The summed E-state index contributed by atoms with van der Waals surface area (Å²) in [6.07, 6.45) is 0.620. The number of benzene rings is 1. The Hall–Kier alpha value is -2.23. The second kappa shape index (κ2) is 8.93. The van der Waals surface area contributed by atoms with Crippen molar-refractivity contribution in [2.45, 2.75) is 24.0 Å². The van der Waals surface area contributed by atoms with Crippen LogP contribution in [0.4, 0.5) is 11.4 Å². The first-order chi connectivity index (χ1) is 12.3. The number of carbonyl (C=O) groups excluding carboxylic acids is 2. The van der Waals surface area contributed by atoms with Crippen LogP contribution in [0.3, 0.4) is 0 Å². The molecule has 7 nitrogen and oxygen atoms in total. The van der Waals surface area contributed by atoms with E-state index in [1.54, 1.807) is 41.8 Å². The van der Waals surface area contributed by atoms with Gasteiger partial charge < -0.3 is 10.6 Å². The zero-order valence-corrected chi connectivity index (χ0v) is 16.2. The second-order valence-corrected chi connectivity index (χ2v) is 8.89. The number of sulfonamides is 1. The minimum atomic E-state index is -3.48. The van der Waals surface area contributed by atoms with Crippen LogP contribution in [0, 0.1) is 0 Å². The average Bonchev–Trinajstić information content (AvgIpc) is 3.11. The van der Waals surface area contributed by atoms with Gasteiger partial charge in [0.1, 0.15) is 4.21 Å². The summed E-state index contributed by atoms with van der Waals surface area (Å²) in [4.78, 5) is 23.0. The normalized spacial score (nSPS) is 11.3. The molecule has 26 heavy (non-hydrogen) atoms. The molecule has 0 aliphatic heterocycles. The lowest BCUT2D eigenvalue weighted by atomic mass is 10.2. The average molecular weight is 396 g/mol. The van der Waals surface area contributed by atoms with E-state index in [2.05, 4.69) is 10.6 Å². The van der Waals surface area contributed by atoms with Crippen LogP contribution in [0.5, 0.6) is 0 Å². The van der Waals surface area contributed by atoms with Crippen LogP contribution in [0.2, 0.25) is 0 Å². The predicted octanol–water partition coefficient (Wildman–Crippen LogP) is 2.75. The maximum atomic E-state index is 12.3. The van der Waals surface area contributed by atoms with Crippen molar-refractivity contribution in [2.24, 2.45) is 0 Å². The number of amides is 2. The van der Waals surface area contributed by atoms with Crippen LogP contribution in [-0.4, -0.2) is 38.1 Å². The molecule has 0 aliphatic rings. The van der Waals surface area contributed by atoms with Gasteiger partial charge in [0.05, 0.1) is 0 Å². The number of nitrogens with one attached hydrogen (secondary N) is 2. The van der Waals surface area contributed by atoms with Crippen molar-refractivity contribution in [3.63, 3.8) is 0 Å². The molecule has 0 atom stereocenters. The summed E-state index contributed by atoms with van der Waals surface area (Å²) >= 11 is 1.17. The fraction of sp³-hybridized carbons (Fsp3) is 0.294. The van der Waals surface area contributed by atoms with Gasteiger partial charge >= 0.3 is 0 Å². The van der Waals surface area contributed by atoms with Crippen molar-refractivity contribution >= 4 is 44.5 Å². The van der Waals surface area contributed by atoms with Gasteiger partial charge in [0.2, 0.25) is 11.8 Å². The standard InChI is InChI=1S/C17H21N3O4S2/c1-13(21)18-14-7-9-15(10-8-14)19-16(22)5-3-11-20(2)26(23,24)17-6-4-12-25-17/h4,6-10,12H,3,5,11H2,1-2H3,(H,18,21)(H,19,22). The van der Waals surface area contributed by atoms with E-state index in [9.17, 15) is 18.0 Å². The highest BCUT2D eigenvalue weighted by atomic mass is 32.2. The minimum Gasteiger partial charge on any atom is -0.326 e. The summed E-state index contributed by atoms with van der Waals surface area (Å²) in [6.45, 7) is 1.68. The summed E-state index contributed by atoms with van der Waals surface area (Å²) < 4.78 is 26.1. The molecule has 2 rings (SSSR count). The fourth-order valence-corrected chi connectivity index (χ4v) is 4.62. The van der Waals surface area contributed by atoms with Crippen molar-refractivity contribution in [1.29, 1.82) is 0 Å². The van der Waals surface area contributed by atoms with Crippen LogP contribution >= 0.6 is 11.3 Å². The molecule has 1 aromatic carbocycles. The molecule has 140 valence electrons. The number of anilines is 2. The smallest absolute Gasteiger partial charge is 0.252 e. The summed E-state index contributed by atoms with van der Waals surface area (Å²) in [6, 6.07) is 10.0. The van der Waals surface area contributed by atoms with Gasteiger partial charge in [0.15, 0.2) is 0 Å². The van der Waals surface area contributed by atoms with Gasteiger partial charge in [-0.25, -0.2) is 12.7 Å². The third kappa shape index (κ3) is 5.65. The SMILES string of the molecule is CC(=O)Nc1ccc(NC(=O)CCCN(C)S(=O)(=O)c2cccs2)cc1. The first-order valence-electron chi connectivity index (χ1n) is 7.96. The fourth-order valence-electron chi connectivity index (χ4n) is 2.21. The van der Waals surface area contributed by atoms with Crippen molar-refractivity contribution < 1.29 is 18.0 Å². The third-order valence-corrected chi connectivity index (χ3v) is 6.76. The van der Waals surface area contributed by atoms with Crippen molar-refractivity contribution in [1.82, 2.24) is 4.31 Å². The highest BCUT2D eigenvalue weighted by Gasteiger charge is 2.21. The second-order valence-electron chi connectivity index (χ2n) is 5.67. The zero-order valence-electron chi connectivity index (χ0n) is 14.6. The molecule has 2 amide bonds. The molecule has 9 heteroatoms. The van der Waals surface area contributed by atoms with Gasteiger partial charge in [0, 0.05) is 38.3 Å². The topological polar surface area (TPSA) is 95.6 Å². The van der Waals surface area contributed by atoms with E-state index in [-0.39, 0.29) is 24.8 Å². The Labute approximate surface area is 157 Å². The van der Waals surface area contributed by atoms with Gasteiger partial charge in [-0.2, -0.15) is 0 Å². The van der Waals surface area contributed by atoms with Crippen LogP contribution in [0.15, 0.2) is 46.0 Å². The van der Waals surface area contributed by atoms with E-state index in [1.807, 2.05) is 0 Å². The Bertz CT molecular complexity index is 847. The van der Waals surface area contributed by atoms with Crippen molar-refractivity contribution in [2.75, 3.05) is 24.2 Å². The molecule has 1 aromatic heterocycles. The van der Waals surface area contributed by atoms with Crippen LogP contribution in [-0.2, 0) is 19.6 Å². The van der Waals surface area contributed by atoms with E-state index in [1.165, 1.54) is 29.6 Å². The molecule has 0 radical (unpaired) electrons. The molecule has 0 spiro atoms. The predicted molar refractivity (Wildman–Crippen MR) is 103 cm³/mol. The largest absolute Gasteiger partial charge is 0.326 e. The highest BCUT2D eigenvalue weighted by Crippen LogP contribution is 2.20. The molecular weight excluding hydrogens is 374 g/mol. The molecule has 1 heterocycles. The van der Waals surface area contributed by atoms with Gasteiger partial charge in [-0.1, -0.05) is 6.07 Å². The number of rotatable bonds is 8. The molecule has 2 aromatic rings. The van der Waals surface area contributed by atoms with E-state index in [0.717, 1.165) is 0 Å². The molecule has 0 bridgehead atoms. The Morgan fingerprint density at radius 1 is 1.08 bits per heavy atom. The summed E-state index contributed by atoms with van der Waals surface area (Å²) in [7, 11) is -1.97. The Kier molecular flexibility index (Phi) is 6.90. The summed E-state index contributed by atoms with van der Waals surface area (Å²) in [5.74, 6) is -0.359. The van der Waals surface area contributed by atoms with E-state index >= 15 is 0 Å². The zero-order chi connectivity index (χ0) is 19.2. The molecule has 0 fully saturated rings. The van der Waals surface area contributed by atoms with Crippen LogP contribution in [0.25, 0.3) is 0 Å². The van der Waals surface area contributed by atoms with Crippen molar-refractivity contribution in [3.05, 3.63) is 41.8 Å². The molecule has 2 N–H and O–H groups in total. The lowest BCUT2D eigenvalue weighted by molar-refractivity contribution is -0.116. The van der Waals surface area contributed by atoms with Gasteiger partial charge in [-0.3, -0.25) is 9.59 Å². The number of hydrogen-bond acceptors (Lipinski definition) is 5. The van der Waals surface area contributed by atoms with E-state index in [0.29, 0.717) is 22.0 Å². The first-order valence-corrected chi connectivity index (χ1v) is 10.3. The monoisotopic (exact) mass is 395 g/mol. The minimum absolute atomic E-state index is 0.164. The van der Waals surface area contributed by atoms with E-state index in [4.69, 9.17) is 0 Å². The Morgan fingerprint density at radius 2 is 1.69 bits per heavy atom. The molecule has 0 aliphatic carbocycles. The molecule has 0 saturated heterocycles. The summed E-state index contributed by atoms with van der Waals surface area (Å²) in [5, 5.41) is 7.10. The number of carbonyl (C=O) groups is 2. The first kappa shape index (κ1) is 20.1. The number of nitrogens with zero attached hydrogens (tertiary/aromatic N) is 1. The van der Waals surface area contributed by atoms with Gasteiger partial charge in [0.25, 0.3) is 10.0 Å². The van der Waals surface area contributed by atoms with Gasteiger partial charge in [-0.05, 0) is 42.1 Å². The Morgan fingerprint density at radius 3 is 2.23 bits per heavy atom. The quantitative estimate of drug-likeness (QED) is 0.718. The lowest BCUT2D eigenvalue weighted by Gasteiger charge is -2.15. The van der Waals surface area contributed by atoms with Gasteiger partial charge in [-0.15, -0.1) is 11.3 Å². The maximum Gasteiger partial charge on any atom is 0.252 e. The van der Waals surface area contributed by atoms with Crippen molar-refractivity contribution in [3.8, 4) is 0 Å². The van der Waals surface area contributed by atoms with Crippen LogP contribution < -0.4 is 10.6 Å². The molecule has 0 unspecified atom stereocenters. The lowest BCUT2D eigenvalue weighted by Crippen LogP contribution is -2.28. The Balaban J connectivity index is 1.79. The molecule has 0 saturated carbocycles. The van der Waals surface area contributed by atoms with E-state index < -0.39 is 10.0 Å². The third-order valence-electron chi connectivity index (χ3n) is 3.53. The summed E-state index contributed by atoms with van der Waals surface area (Å²) in [5.41, 5.74) is 1.26.